The smallest absolute Gasteiger partial charge is 0.243 e. The molecular weight excluding hydrogens is 339 g/mol. The minimum absolute atomic E-state index is 0.0539. The lowest BCUT2D eigenvalue weighted by Crippen LogP contribution is -2.22. The highest BCUT2D eigenvalue weighted by Crippen LogP contribution is 2.27. The Labute approximate surface area is 150 Å². The zero-order valence-corrected chi connectivity index (χ0v) is 14.1. The molecule has 0 aliphatic heterocycles. The molecule has 0 spiro atoms. The van der Waals surface area contributed by atoms with Crippen molar-refractivity contribution in [3.05, 3.63) is 83.6 Å². The monoisotopic (exact) mass is 354 g/mol. The first-order valence-corrected chi connectivity index (χ1v) is 8.14. The maximum Gasteiger partial charge on any atom is 0.243 e. The van der Waals surface area contributed by atoms with Crippen molar-refractivity contribution in [3.8, 4) is 11.1 Å². The number of carbonyl (C=O) groups is 1. The zero-order chi connectivity index (χ0) is 17.6. The third kappa shape index (κ3) is 4.37. The van der Waals surface area contributed by atoms with Gasteiger partial charge in [-0.3, -0.25) is 4.79 Å². The maximum atomic E-state index is 13.7. The van der Waals surface area contributed by atoms with Crippen molar-refractivity contribution in [2.45, 2.75) is 0 Å². The first kappa shape index (κ1) is 17.0. The molecule has 3 nitrogen and oxygen atoms in total. The van der Waals surface area contributed by atoms with Gasteiger partial charge in [0.1, 0.15) is 5.82 Å². The first-order chi connectivity index (χ1) is 12.1. The molecule has 0 atom stereocenters. The minimum Gasteiger partial charge on any atom is -0.374 e. The van der Waals surface area contributed by atoms with Gasteiger partial charge >= 0.3 is 0 Å². The number of hydrogen-bond acceptors (Lipinski definition) is 2. The summed E-state index contributed by atoms with van der Waals surface area (Å²) in [5.74, 6) is -0.761. The molecule has 0 saturated heterocycles. The molecule has 0 aliphatic rings. The Morgan fingerprint density at radius 3 is 2.40 bits per heavy atom. The highest BCUT2D eigenvalue weighted by molar-refractivity contribution is 6.30. The van der Waals surface area contributed by atoms with Crippen LogP contribution in [-0.2, 0) is 4.79 Å². The topological polar surface area (TPSA) is 41.1 Å². The second-order valence-corrected chi connectivity index (χ2v) is 5.87. The van der Waals surface area contributed by atoms with Gasteiger partial charge in [-0.25, -0.2) is 4.39 Å². The quantitative estimate of drug-likeness (QED) is 0.661. The van der Waals surface area contributed by atoms with E-state index in [0.29, 0.717) is 10.7 Å². The third-order valence-electron chi connectivity index (χ3n) is 3.66. The summed E-state index contributed by atoms with van der Waals surface area (Å²) in [6.45, 7) is -0.0539. The molecule has 1 amide bonds. The first-order valence-electron chi connectivity index (χ1n) is 7.77. The number of carbonyl (C=O) groups excluding carboxylic acids is 1. The average molecular weight is 355 g/mol. The molecule has 25 heavy (non-hydrogen) atoms. The van der Waals surface area contributed by atoms with Crippen molar-refractivity contribution in [1.29, 1.82) is 0 Å². The van der Waals surface area contributed by atoms with Crippen LogP contribution in [0.5, 0.6) is 0 Å². The Bertz CT molecular complexity index is 884. The maximum absolute atomic E-state index is 13.7. The third-order valence-corrected chi connectivity index (χ3v) is 3.89. The fourth-order valence-electron chi connectivity index (χ4n) is 2.46. The largest absolute Gasteiger partial charge is 0.374 e. The number of rotatable bonds is 5. The van der Waals surface area contributed by atoms with Gasteiger partial charge in [-0.05, 0) is 29.8 Å². The van der Waals surface area contributed by atoms with E-state index in [-0.39, 0.29) is 18.1 Å². The van der Waals surface area contributed by atoms with Crippen LogP contribution in [0.4, 0.5) is 15.8 Å². The standard InChI is InChI=1S/C20H16ClFN2O/c21-15-10-11-19(17(22)12-15)23-13-20(25)24-18-9-5-4-8-16(18)14-6-2-1-3-7-14/h1-12,23H,13H2,(H,24,25). The summed E-state index contributed by atoms with van der Waals surface area (Å²) < 4.78 is 13.7. The number of hydrogen-bond donors (Lipinski definition) is 2. The van der Waals surface area contributed by atoms with Crippen LogP contribution < -0.4 is 10.6 Å². The van der Waals surface area contributed by atoms with E-state index in [1.807, 2.05) is 54.6 Å². The van der Waals surface area contributed by atoms with Crippen molar-refractivity contribution in [1.82, 2.24) is 0 Å². The molecule has 0 aromatic heterocycles. The molecule has 0 unspecified atom stereocenters. The highest BCUT2D eigenvalue weighted by atomic mass is 35.5. The van der Waals surface area contributed by atoms with Crippen molar-refractivity contribution < 1.29 is 9.18 Å². The Morgan fingerprint density at radius 1 is 0.920 bits per heavy atom. The molecule has 3 aromatic rings. The van der Waals surface area contributed by atoms with Crippen molar-refractivity contribution >= 4 is 28.9 Å². The Morgan fingerprint density at radius 2 is 1.64 bits per heavy atom. The van der Waals surface area contributed by atoms with E-state index in [4.69, 9.17) is 11.6 Å². The van der Waals surface area contributed by atoms with Crippen LogP contribution in [0, 0.1) is 5.82 Å². The van der Waals surface area contributed by atoms with Crippen molar-refractivity contribution in [2.75, 3.05) is 17.2 Å². The van der Waals surface area contributed by atoms with E-state index in [1.54, 1.807) is 6.07 Å². The van der Waals surface area contributed by atoms with Gasteiger partial charge in [0.05, 0.1) is 12.2 Å². The van der Waals surface area contributed by atoms with Crippen LogP contribution in [0.25, 0.3) is 11.1 Å². The van der Waals surface area contributed by atoms with Gasteiger partial charge in [-0.1, -0.05) is 60.1 Å². The summed E-state index contributed by atoms with van der Waals surface area (Å²) in [5, 5.41) is 5.94. The molecule has 0 heterocycles. The number of benzene rings is 3. The van der Waals surface area contributed by atoms with Crippen LogP contribution in [0.15, 0.2) is 72.8 Å². The van der Waals surface area contributed by atoms with Gasteiger partial charge in [0, 0.05) is 16.3 Å². The summed E-state index contributed by atoms with van der Waals surface area (Å²) in [5.41, 5.74) is 2.87. The molecule has 3 rings (SSSR count). The van der Waals surface area contributed by atoms with Gasteiger partial charge in [0.25, 0.3) is 0 Å². The number of para-hydroxylation sites is 1. The van der Waals surface area contributed by atoms with Gasteiger partial charge in [-0.15, -0.1) is 0 Å². The lowest BCUT2D eigenvalue weighted by Gasteiger charge is -2.12. The van der Waals surface area contributed by atoms with Crippen LogP contribution in [0.3, 0.4) is 0 Å². The summed E-state index contributed by atoms with van der Waals surface area (Å²) in [6, 6.07) is 21.6. The van der Waals surface area contributed by atoms with E-state index in [2.05, 4.69) is 10.6 Å². The fourth-order valence-corrected chi connectivity index (χ4v) is 2.62. The minimum atomic E-state index is -0.495. The van der Waals surface area contributed by atoms with E-state index < -0.39 is 5.82 Å². The summed E-state index contributed by atoms with van der Waals surface area (Å²) in [6.07, 6.45) is 0. The Balaban J connectivity index is 1.69. The molecule has 126 valence electrons. The lowest BCUT2D eigenvalue weighted by molar-refractivity contribution is -0.114. The van der Waals surface area contributed by atoms with Crippen LogP contribution in [0.2, 0.25) is 5.02 Å². The van der Waals surface area contributed by atoms with Gasteiger partial charge in [0.2, 0.25) is 5.91 Å². The highest BCUT2D eigenvalue weighted by Gasteiger charge is 2.09. The normalized spacial score (nSPS) is 10.3. The van der Waals surface area contributed by atoms with E-state index >= 15 is 0 Å². The van der Waals surface area contributed by atoms with Crippen LogP contribution in [0.1, 0.15) is 0 Å². The Kier molecular flexibility index (Phi) is 5.31. The SMILES string of the molecule is O=C(CNc1ccc(Cl)cc1F)Nc1ccccc1-c1ccccc1. The number of amides is 1. The van der Waals surface area contributed by atoms with E-state index in [9.17, 15) is 9.18 Å². The Hall–Kier alpha value is -2.85. The second-order valence-electron chi connectivity index (χ2n) is 5.44. The number of anilines is 2. The molecule has 0 radical (unpaired) electrons. The van der Waals surface area contributed by atoms with E-state index in [1.165, 1.54) is 12.1 Å². The lowest BCUT2D eigenvalue weighted by atomic mass is 10.0. The predicted octanol–water partition coefficient (Wildman–Crippen LogP) is 5.20. The van der Waals surface area contributed by atoms with Gasteiger partial charge in [0.15, 0.2) is 0 Å². The fraction of sp³-hybridized carbons (Fsp3) is 0.0500. The summed E-state index contributed by atoms with van der Waals surface area (Å²) >= 11 is 5.72. The van der Waals surface area contributed by atoms with Crippen molar-refractivity contribution in [2.24, 2.45) is 0 Å². The predicted molar refractivity (Wildman–Crippen MR) is 100 cm³/mol. The molecule has 3 aromatic carbocycles. The molecule has 5 heteroatoms. The molecule has 0 bridgehead atoms. The molecular formula is C20H16ClFN2O. The summed E-state index contributed by atoms with van der Waals surface area (Å²) in [7, 11) is 0. The van der Waals surface area contributed by atoms with Crippen LogP contribution in [-0.4, -0.2) is 12.5 Å². The van der Waals surface area contributed by atoms with Crippen LogP contribution >= 0.6 is 11.6 Å². The number of halogens is 2. The van der Waals surface area contributed by atoms with Gasteiger partial charge in [-0.2, -0.15) is 0 Å². The van der Waals surface area contributed by atoms with E-state index in [0.717, 1.165) is 11.1 Å². The number of nitrogens with one attached hydrogen (secondary N) is 2. The summed E-state index contributed by atoms with van der Waals surface area (Å²) in [4.78, 5) is 12.2. The molecule has 2 N–H and O–H groups in total. The average Bonchev–Trinajstić information content (AvgIpc) is 2.62. The molecule has 0 fully saturated rings. The van der Waals surface area contributed by atoms with Crippen molar-refractivity contribution in [3.63, 3.8) is 0 Å². The second kappa shape index (κ2) is 7.81. The zero-order valence-electron chi connectivity index (χ0n) is 13.3. The van der Waals surface area contributed by atoms with Gasteiger partial charge < -0.3 is 10.6 Å². The molecule has 0 aliphatic carbocycles. The molecule has 0 saturated carbocycles.